The molecular formula is C42H79NO4S. The van der Waals surface area contributed by atoms with Gasteiger partial charge in [-0.25, -0.2) is 4.99 Å². The summed E-state index contributed by atoms with van der Waals surface area (Å²) in [6, 6.07) is 0.234. The van der Waals surface area contributed by atoms with Crippen molar-refractivity contribution in [2.45, 2.75) is 232 Å². The topological polar surface area (TPSA) is 65.0 Å². The normalized spacial score (nSPS) is 11.8. The zero-order valence-electron chi connectivity index (χ0n) is 32.2. The fraction of sp³-hybridized carbons (Fsp3) is 0.929. The number of nitrogens with zero attached hydrogens (tertiary/aromatic N) is 1. The van der Waals surface area contributed by atoms with Crippen LogP contribution >= 0.6 is 12.2 Å². The minimum Gasteiger partial charge on any atom is -0.466 e. The standard InChI is InChI=1S/C42H79NO4S/c1-4-7-10-13-14-15-16-20-28-36-46-41(44)34-27-21-25-32-40(43-38-48)31-24-18-17-19-26-33-42(45)47-37-35-39(29-22-11-8-5-2)30-23-12-9-6-3/h39-40H,4-37H2,1-3H3. The summed E-state index contributed by atoms with van der Waals surface area (Å²) in [5, 5.41) is 2.59. The Kier molecular flexibility index (Phi) is 37.5. The van der Waals surface area contributed by atoms with E-state index in [0.29, 0.717) is 32.0 Å². The van der Waals surface area contributed by atoms with Gasteiger partial charge in [0.1, 0.15) is 0 Å². The van der Waals surface area contributed by atoms with Gasteiger partial charge in [-0.15, -0.1) is 0 Å². The zero-order valence-corrected chi connectivity index (χ0v) is 33.0. The minimum atomic E-state index is -0.0498. The number of esters is 2. The molecule has 0 spiro atoms. The molecule has 282 valence electrons. The number of unbranched alkanes of at least 4 members (excludes halogenated alkanes) is 20. The molecular weight excluding hydrogens is 615 g/mol. The van der Waals surface area contributed by atoms with Crippen molar-refractivity contribution in [2.24, 2.45) is 10.9 Å². The molecule has 1 atom stereocenters. The van der Waals surface area contributed by atoms with E-state index in [4.69, 9.17) is 21.7 Å². The molecule has 48 heavy (non-hydrogen) atoms. The number of thiocarbonyl (C=S) groups is 1. The minimum absolute atomic E-state index is 0.0202. The fourth-order valence-corrected chi connectivity index (χ4v) is 6.74. The summed E-state index contributed by atoms with van der Waals surface area (Å²) in [6.07, 6.45) is 37.0. The Morgan fingerprint density at radius 1 is 0.479 bits per heavy atom. The highest BCUT2D eigenvalue weighted by Crippen LogP contribution is 2.22. The molecule has 6 heteroatoms. The van der Waals surface area contributed by atoms with Crippen LogP contribution in [0.2, 0.25) is 0 Å². The third kappa shape index (κ3) is 34.6. The molecule has 0 aromatic carbocycles. The number of carbonyl (C=O) groups excluding carboxylic acids is 2. The molecule has 0 saturated heterocycles. The fourth-order valence-electron chi connectivity index (χ4n) is 6.59. The van der Waals surface area contributed by atoms with E-state index < -0.39 is 0 Å². The summed E-state index contributed by atoms with van der Waals surface area (Å²) < 4.78 is 11.1. The van der Waals surface area contributed by atoms with Gasteiger partial charge in [-0.3, -0.25) is 9.59 Å². The molecule has 0 fully saturated rings. The second-order valence-corrected chi connectivity index (χ2v) is 14.6. The summed E-state index contributed by atoms with van der Waals surface area (Å²) in [7, 11) is 0. The molecule has 0 bridgehead atoms. The molecule has 0 aliphatic heterocycles. The van der Waals surface area contributed by atoms with Crippen LogP contribution in [0.25, 0.3) is 0 Å². The van der Waals surface area contributed by atoms with E-state index in [9.17, 15) is 9.59 Å². The molecule has 0 heterocycles. The predicted octanol–water partition coefficient (Wildman–Crippen LogP) is 13.7. The summed E-state index contributed by atoms with van der Waals surface area (Å²) in [5.74, 6) is 0.639. The molecule has 0 amide bonds. The van der Waals surface area contributed by atoms with E-state index in [-0.39, 0.29) is 18.0 Å². The van der Waals surface area contributed by atoms with Crippen LogP contribution in [0, 0.1) is 5.92 Å². The number of carbonyl (C=O) groups is 2. The molecule has 0 aromatic heterocycles. The Bertz CT molecular complexity index is 742. The highest BCUT2D eigenvalue weighted by molar-refractivity contribution is 7.78. The first kappa shape index (κ1) is 46.7. The number of isothiocyanates is 1. The Balaban J connectivity index is 3.82. The van der Waals surface area contributed by atoms with Gasteiger partial charge in [-0.1, -0.05) is 175 Å². The van der Waals surface area contributed by atoms with Crippen molar-refractivity contribution in [3.05, 3.63) is 0 Å². The lowest BCUT2D eigenvalue weighted by atomic mass is 9.92. The van der Waals surface area contributed by atoms with Gasteiger partial charge < -0.3 is 9.47 Å². The molecule has 0 N–H and O–H groups in total. The SMILES string of the molecule is CCCCCCCCCCCOC(=O)CCCCCC(CCCCCCCC(=O)OCCC(CCCCCC)CCCCCC)N=C=S. The maximum atomic E-state index is 12.3. The first-order chi connectivity index (χ1) is 23.6. The molecule has 1 unspecified atom stereocenters. The van der Waals surface area contributed by atoms with E-state index in [0.717, 1.165) is 83.5 Å². The third-order valence-corrected chi connectivity index (χ3v) is 9.91. The number of rotatable bonds is 38. The summed E-state index contributed by atoms with van der Waals surface area (Å²) in [6.45, 7) is 7.95. The number of hydrogen-bond acceptors (Lipinski definition) is 6. The van der Waals surface area contributed by atoms with Gasteiger partial charge in [0.15, 0.2) is 0 Å². The van der Waals surface area contributed by atoms with E-state index in [1.165, 1.54) is 109 Å². The van der Waals surface area contributed by atoms with Crippen LogP contribution < -0.4 is 0 Å². The number of hydrogen-bond donors (Lipinski definition) is 0. The second-order valence-electron chi connectivity index (χ2n) is 14.4. The molecule has 0 aromatic rings. The lowest BCUT2D eigenvalue weighted by Gasteiger charge is -2.17. The largest absolute Gasteiger partial charge is 0.466 e. The van der Waals surface area contributed by atoms with Crippen molar-refractivity contribution >= 4 is 29.3 Å². The lowest BCUT2D eigenvalue weighted by molar-refractivity contribution is -0.145. The molecule has 5 nitrogen and oxygen atoms in total. The average Bonchev–Trinajstić information content (AvgIpc) is 3.08. The maximum Gasteiger partial charge on any atom is 0.305 e. The predicted molar refractivity (Wildman–Crippen MR) is 209 cm³/mol. The van der Waals surface area contributed by atoms with Crippen LogP contribution in [0.4, 0.5) is 0 Å². The first-order valence-corrected chi connectivity index (χ1v) is 21.4. The highest BCUT2D eigenvalue weighted by Gasteiger charge is 2.11. The van der Waals surface area contributed by atoms with Crippen molar-refractivity contribution in [1.29, 1.82) is 0 Å². The molecule has 0 radical (unpaired) electrons. The number of aliphatic imine (C=N–C) groups is 1. The molecule has 0 aliphatic carbocycles. The Morgan fingerprint density at radius 2 is 0.854 bits per heavy atom. The van der Waals surface area contributed by atoms with Crippen LogP contribution in [0.5, 0.6) is 0 Å². The summed E-state index contributed by atoms with van der Waals surface area (Å²) >= 11 is 4.90. The molecule has 0 rings (SSSR count). The summed E-state index contributed by atoms with van der Waals surface area (Å²) in [4.78, 5) is 28.8. The lowest BCUT2D eigenvalue weighted by Crippen LogP contribution is -2.10. The Labute approximate surface area is 304 Å². The van der Waals surface area contributed by atoms with Gasteiger partial charge in [0.2, 0.25) is 0 Å². The smallest absolute Gasteiger partial charge is 0.305 e. The highest BCUT2D eigenvalue weighted by atomic mass is 32.1. The van der Waals surface area contributed by atoms with Crippen LogP contribution in [-0.4, -0.2) is 36.4 Å². The van der Waals surface area contributed by atoms with Gasteiger partial charge in [-0.05, 0) is 56.7 Å². The summed E-state index contributed by atoms with van der Waals surface area (Å²) in [5.41, 5.74) is 0. The van der Waals surface area contributed by atoms with Crippen molar-refractivity contribution in [1.82, 2.24) is 0 Å². The van der Waals surface area contributed by atoms with Gasteiger partial charge >= 0.3 is 11.9 Å². The van der Waals surface area contributed by atoms with Crippen molar-refractivity contribution < 1.29 is 19.1 Å². The van der Waals surface area contributed by atoms with Gasteiger partial charge in [0, 0.05) is 12.8 Å². The quantitative estimate of drug-likeness (QED) is 0.0279. The van der Waals surface area contributed by atoms with Crippen LogP contribution in [0.1, 0.15) is 226 Å². The van der Waals surface area contributed by atoms with Gasteiger partial charge in [0.05, 0.1) is 24.4 Å². The van der Waals surface area contributed by atoms with Crippen LogP contribution in [0.15, 0.2) is 4.99 Å². The van der Waals surface area contributed by atoms with Crippen LogP contribution in [0.3, 0.4) is 0 Å². The van der Waals surface area contributed by atoms with Crippen molar-refractivity contribution in [3.63, 3.8) is 0 Å². The van der Waals surface area contributed by atoms with E-state index in [2.05, 4.69) is 30.9 Å². The maximum absolute atomic E-state index is 12.3. The van der Waals surface area contributed by atoms with Gasteiger partial charge in [-0.2, -0.15) is 0 Å². The van der Waals surface area contributed by atoms with E-state index in [1.54, 1.807) is 0 Å². The van der Waals surface area contributed by atoms with Crippen molar-refractivity contribution in [3.8, 4) is 0 Å². The Hall–Kier alpha value is -1.26. The second kappa shape index (κ2) is 38.5. The number of ether oxygens (including phenoxy) is 2. The van der Waals surface area contributed by atoms with E-state index >= 15 is 0 Å². The third-order valence-electron chi connectivity index (χ3n) is 9.80. The van der Waals surface area contributed by atoms with Gasteiger partial charge in [0.25, 0.3) is 0 Å². The zero-order chi connectivity index (χ0) is 35.2. The first-order valence-electron chi connectivity index (χ1n) is 20.9. The van der Waals surface area contributed by atoms with E-state index in [1.807, 2.05) is 0 Å². The molecule has 0 saturated carbocycles. The Morgan fingerprint density at radius 3 is 1.35 bits per heavy atom. The van der Waals surface area contributed by atoms with Crippen LogP contribution in [-0.2, 0) is 19.1 Å². The average molecular weight is 694 g/mol. The monoisotopic (exact) mass is 694 g/mol. The molecule has 0 aliphatic rings. The van der Waals surface area contributed by atoms with Crippen molar-refractivity contribution in [2.75, 3.05) is 13.2 Å².